The summed E-state index contributed by atoms with van der Waals surface area (Å²) in [4.78, 5) is 40.4. The van der Waals surface area contributed by atoms with Crippen molar-refractivity contribution in [2.45, 2.75) is 96.4 Å². The molecule has 0 radical (unpaired) electrons. The van der Waals surface area contributed by atoms with E-state index in [2.05, 4.69) is 15.2 Å². The number of halogens is 3. The first-order valence-corrected chi connectivity index (χ1v) is 15.0. The fourth-order valence-electron chi connectivity index (χ4n) is 3.57. The SMILES string of the molecule is CC(C)OC(=O)[C@H](C)NP(=S)(N[C@@H](C)C(=O)OC(C)C)OC[C@@]1(C(F)F)O[C@@H](n2ccc(N)nc2=O)[C@@H](F)[C@@H]1O. The van der Waals surface area contributed by atoms with Crippen LogP contribution in [0.15, 0.2) is 17.1 Å². The molecule has 18 heteroatoms. The van der Waals surface area contributed by atoms with Crippen LogP contribution in [0.1, 0.15) is 47.8 Å². The molecule has 1 aromatic heterocycles. The van der Waals surface area contributed by atoms with Crippen LogP contribution in [0.3, 0.4) is 0 Å². The van der Waals surface area contributed by atoms with E-state index in [1.54, 1.807) is 27.7 Å². The highest BCUT2D eigenvalue weighted by molar-refractivity contribution is 8.10. The molecule has 1 aliphatic rings. The van der Waals surface area contributed by atoms with E-state index in [1.807, 2.05) is 0 Å². The molecule has 2 rings (SSSR count). The molecule has 0 aliphatic carbocycles. The van der Waals surface area contributed by atoms with Crippen LogP contribution < -0.4 is 21.6 Å². The summed E-state index contributed by atoms with van der Waals surface area (Å²) in [5, 5.41) is 15.9. The van der Waals surface area contributed by atoms with Gasteiger partial charge < -0.3 is 29.6 Å². The maximum atomic E-state index is 15.1. The van der Waals surface area contributed by atoms with E-state index in [9.17, 15) is 28.3 Å². The molecule has 228 valence electrons. The monoisotopic (exact) mass is 617 g/mol. The first kappa shape index (κ1) is 34.1. The number of nitrogens with one attached hydrogen (secondary N) is 2. The minimum Gasteiger partial charge on any atom is -0.462 e. The van der Waals surface area contributed by atoms with Crippen LogP contribution >= 0.6 is 6.57 Å². The number of hydrogen-bond acceptors (Lipinski definition) is 11. The van der Waals surface area contributed by atoms with Crippen molar-refractivity contribution >= 4 is 36.1 Å². The van der Waals surface area contributed by atoms with Crippen molar-refractivity contribution in [1.29, 1.82) is 0 Å². The first-order valence-electron chi connectivity index (χ1n) is 12.3. The number of aromatic nitrogens is 2. The average Bonchev–Trinajstić information content (AvgIpc) is 3.08. The Labute approximate surface area is 234 Å². The normalized spacial score (nSPS) is 24.9. The second-order valence-electron chi connectivity index (χ2n) is 9.69. The Morgan fingerprint density at radius 3 is 2.10 bits per heavy atom. The van der Waals surface area contributed by atoms with Gasteiger partial charge in [-0.15, -0.1) is 0 Å². The number of alkyl halides is 3. The maximum Gasteiger partial charge on any atom is 0.351 e. The molecule has 0 unspecified atom stereocenters. The van der Waals surface area contributed by atoms with Crippen molar-refractivity contribution in [2.24, 2.45) is 0 Å². The number of rotatable bonds is 13. The molecule has 0 amide bonds. The van der Waals surface area contributed by atoms with Crippen molar-refractivity contribution in [3.8, 4) is 0 Å². The van der Waals surface area contributed by atoms with Gasteiger partial charge in [0.25, 0.3) is 6.43 Å². The molecule has 2 heterocycles. The minimum atomic E-state index is -3.83. The number of hydrogen-bond donors (Lipinski definition) is 4. The van der Waals surface area contributed by atoms with E-state index in [0.29, 0.717) is 4.57 Å². The van der Waals surface area contributed by atoms with E-state index in [-0.39, 0.29) is 5.82 Å². The van der Waals surface area contributed by atoms with Gasteiger partial charge in [0, 0.05) is 6.20 Å². The smallest absolute Gasteiger partial charge is 0.351 e. The van der Waals surface area contributed by atoms with Gasteiger partial charge in [-0.3, -0.25) is 14.2 Å². The highest BCUT2D eigenvalue weighted by Gasteiger charge is 2.62. The number of carbonyl (C=O) groups is 2. The number of nitrogens with zero attached hydrogens (tertiary/aromatic N) is 2. The van der Waals surface area contributed by atoms with Crippen molar-refractivity contribution in [1.82, 2.24) is 19.7 Å². The number of aliphatic hydroxyl groups excluding tert-OH is 1. The zero-order chi connectivity index (χ0) is 30.6. The predicted molar refractivity (Wildman–Crippen MR) is 141 cm³/mol. The van der Waals surface area contributed by atoms with Crippen LogP contribution in [-0.2, 0) is 40.1 Å². The van der Waals surface area contributed by atoms with Crippen LogP contribution in [0, 0.1) is 0 Å². The van der Waals surface area contributed by atoms with Gasteiger partial charge in [-0.2, -0.15) is 4.98 Å². The molecule has 0 bridgehead atoms. The Morgan fingerprint density at radius 2 is 1.68 bits per heavy atom. The van der Waals surface area contributed by atoms with Gasteiger partial charge >= 0.3 is 17.6 Å². The Balaban J connectivity index is 2.38. The van der Waals surface area contributed by atoms with E-state index in [4.69, 9.17) is 36.3 Å². The molecular weight excluding hydrogens is 582 g/mol. The second kappa shape index (κ2) is 13.7. The number of esters is 2. The van der Waals surface area contributed by atoms with Gasteiger partial charge in [-0.25, -0.2) is 28.1 Å². The summed E-state index contributed by atoms with van der Waals surface area (Å²) in [6, 6.07) is -1.18. The lowest BCUT2D eigenvalue weighted by molar-refractivity contribution is -0.191. The highest BCUT2D eigenvalue weighted by Crippen LogP contribution is 2.47. The van der Waals surface area contributed by atoms with Crippen LogP contribution in [-0.4, -0.2) is 81.8 Å². The first-order chi connectivity index (χ1) is 18.4. The molecule has 0 saturated carbocycles. The Bertz CT molecular complexity index is 1130. The predicted octanol–water partition coefficient (Wildman–Crippen LogP) is 1.16. The quantitative estimate of drug-likeness (QED) is 0.183. The lowest BCUT2D eigenvalue weighted by atomic mass is 9.97. The maximum absolute atomic E-state index is 15.1. The molecule has 1 aromatic rings. The Morgan fingerprint density at radius 1 is 1.18 bits per heavy atom. The summed E-state index contributed by atoms with van der Waals surface area (Å²) in [5.74, 6) is -1.72. The molecule has 5 N–H and O–H groups in total. The van der Waals surface area contributed by atoms with E-state index in [0.717, 1.165) is 12.3 Å². The largest absolute Gasteiger partial charge is 0.462 e. The lowest BCUT2D eigenvalue weighted by Crippen LogP contribution is -2.53. The van der Waals surface area contributed by atoms with E-state index >= 15 is 4.39 Å². The Kier molecular flexibility index (Phi) is 11.7. The fourth-order valence-corrected chi connectivity index (χ4v) is 6.51. The lowest BCUT2D eigenvalue weighted by Gasteiger charge is -2.35. The van der Waals surface area contributed by atoms with Gasteiger partial charge in [-0.05, 0) is 59.4 Å². The third kappa shape index (κ3) is 8.21. The van der Waals surface area contributed by atoms with Crippen LogP contribution in [0.2, 0.25) is 0 Å². The molecule has 1 saturated heterocycles. The molecule has 0 spiro atoms. The third-order valence-electron chi connectivity index (χ3n) is 5.52. The fraction of sp³-hybridized carbons (Fsp3) is 0.727. The van der Waals surface area contributed by atoms with E-state index < -0.39 is 85.6 Å². The van der Waals surface area contributed by atoms with Crippen molar-refractivity contribution < 1.29 is 46.6 Å². The number of aliphatic hydroxyl groups is 1. The minimum absolute atomic E-state index is 0.202. The highest BCUT2D eigenvalue weighted by atomic mass is 32.4. The standard InChI is InChI=1S/C22H35F3N5O8PS/c1-10(2)36-18(32)12(5)28-39(40,29-13(6)19(33)37-11(3)4)35-9-22(20(24)25)16(31)15(23)17(38-22)30-8-7-14(26)27-21(30)34/h7-8,10-13,15-17,20,31H,9H2,1-6H3,(H2,26,27,34)(H2,28,29,40)/t12-,13-,15-,16-,17+,22+/m0/s1. The summed E-state index contributed by atoms with van der Waals surface area (Å²) in [6.45, 7) is 4.12. The van der Waals surface area contributed by atoms with Gasteiger partial charge in [0.1, 0.15) is 24.0 Å². The summed E-state index contributed by atoms with van der Waals surface area (Å²) in [5.41, 5.74) is 1.31. The molecule has 0 aromatic carbocycles. The topological polar surface area (TPSA) is 176 Å². The molecule has 40 heavy (non-hydrogen) atoms. The second-order valence-corrected chi connectivity index (χ2v) is 13.1. The van der Waals surface area contributed by atoms with Crippen LogP contribution in [0.5, 0.6) is 0 Å². The zero-order valence-corrected chi connectivity index (χ0v) is 24.5. The van der Waals surface area contributed by atoms with Gasteiger partial charge in [0.15, 0.2) is 24.6 Å². The summed E-state index contributed by atoms with van der Waals surface area (Å²) < 4.78 is 65.7. The molecule has 13 nitrogen and oxygen atoms in total. The number of anilines is 1. The van der Waals surface area contributed by atoms with Gasteiger partial charge in [0.2, 0.25) is 0 Å². The van der Waals surface area contributed by atoms with Gasteiger partial charge in [0.05, 0.1) is 18.8 Å². The van der Waals surface area contributed by atoms with Crippen molar-refractivity contribution in [3.63, 3.8) is 0 Å². The van der Waals surface area contributed by atoms with Crippen molar-refractivity contribution in [3.05, 3.63) is 22.7 Å². The molecular formula is C22H35F3N5O8PS. The molecule has 1 aliphatic heterocycles. The van der Waals surface area contributed by atoms with Crippen molar-refractivity contribution in [2.75, 3.05) is 12.3 Å². The van der Waals surface area contributed by atoms with Gasteiger partial charge in [-0.1, -0.05) is 0 Å². The van der Waals surface area contributed by atoms with Crippen LogP contribution in [0.25, 0.3) is 0 Å². The number of nitrogen functional groups attached to an aromatic ring is 1. The van der Waals surface area contributed by atoms with Crippen LogP contribution in [0.4, 0.5) is 19.0 Å². The number of ether oxygens (including phenoxy) is 3. The third-order valence-corrected chi connectivity index (χ3v) is 8.42. The summed E-state index contributed by atoms with van der Waals surface area (Å²) >= 11 is 5.51. The number of nitrogens with two attached hydrogens (primary N) is 1. The molecule has 6 atom stereocenters. The molecule has 1 fully saturated rings. The number of carbonyl (C=O) groups excluding carboxylic acids is 2. The average molecular weight is 618 g/mol. The zero-order valence-electron chi connectivity index (χ0n) is 22.7. The summed E-state index contributed by atoms with van der Waals surface area (Å²) in [6.07, 6.45) is -10.6. The summed E-state index contributed by atoms with van der Waals surface area (Å²) in [7, 11) is 0. The Hall–Kier alpha value is -2.14. The van der Waals surface area contributed by atoms with E-state index in [1.165, 1.54) is 13.8 Å².